The lowest BCUT2D eigenvalue weighted by Crippen LogP contribution is -2.01. The number of halogens is 4. The van der Waals surface area contributed by atoms with Crippen LogP contribution in [0.15, 0.2) is 30.3 Å². The van der Waals surface area contributed by atoms with Crippen LogP contribution in [0.3, 0.4) is 0 Å². The maximum atomic E-state index is 13.6. The number of nitrogens with two attached hydrogens (primary N) is 1. The number of anilines is 1. The molecule has 0 fully saturated rings. The van der Waals surface area contributed by atoms with Crippen LogP contribution in [0.2, 0.25) is 10.0 Å². The van der Waals surface area contributed by atoms with Crippen LogP contribution in [0, 0.1) is 11.6 Å². The van der Waals surface area contributed by atoms with E-state index in [0.29, 0.717) is 16.7 Å². The first-order chi connectivity index (χ1) is 9.47. The van der Waals surface area contributed by atoms with Crippen molar-refractivity contribution in [2.45, 2.75) is 0 Å². The number of aromatic nitrogens is 2. The van der Waals surface area contributed by atoms with E-state index in [1.807, 2.05) is 0 Å². The van der Waals surface area contributed by atoms with Gasteiger partial charge >= 0.3 is 0 Å². The third-order valence-electron chi connectivity index (χ3n) is 2.88. The lowest BCUT2D eigenvalue weighted by molar-refractivity contribution is 0.627. The molecule has 3 aromatic rings. The predicted octanol–water partition coefficient (Wildman–Crippen LogP) is 4.19. The molecule has 0 radical (unpaired) electrons. The highest BCUT2D eigenvalue weighted by Gasteiger charge is 2.14. The van der Waals surface area contributed by atoms with Gasteiger partial charge in [-0.3, -0.25) is 4.57 Å². The van der Waals surface area contributed by atoms with E-state index < -0.39 is 11.6 Å². The molecule has 20 heavy (non-hydrogen) atoms. The summed E-state index contributed by atoms with van der Waals surface area (Å²) in [7, 11) is 0. The molecule has 0 spiro atoms. The highest BCUT2D eigenvalue weighted by atomic mass is 35.5. The number of benzene rings is 2. The number of hydrogen-bond donors (Lipinski definition) is 1. The van der Waals surface area contributed by atoms with E-state index in [4.69, 9.17) is 28.9 Å². The fourth-order valence-corrected chi connectivity index (χ4v) is 2.26. The SMILES string of the molecule is Nc1nc2cc(F)c(Cl)cc2n1-c1ccc(Cl)c(F)c1. The molecule has 2 N–H and O–H groups in total. The third-order valence-corrected chi connectivity index (χ3v) is 3.48. The second kappa shape index (κ2) is 4.61. The normalized spacial score (nSPS) is 11.2. The average Bonchev–Trinajstić information content (AvgIpc) is 2.69. The summed E-state index contributed by atoms with van der Waals surface area (Å²) in [6.07, 6.45) is 0. The number of nitrogen functional groups attached to an aromatic ring is 1. The molecule has 102 valence electrons. The van der Waals surface area contributed by atoms with Crippen molar-refractivity contribution in [1.82, 2.24) is 9.55 Å². The minimum atomic E-state index is -0.592. The first kappa shape index (κ1) is 13.1. The summed E-state index contributed by atoms with van der Waals surface area (Å²) in [4.78, 5) is 4.03. The summed E-state index contributed by atoms with van der Waals surface area (Å²) in [5.41, 5.74) is 7.05. The highest BCUT2D eigenvalue weighted by Crippen LogP contribution is 2.28. The molecule has 0 aliphatic carbocycles. The Labute approximate surface area is 122 Å². The Hall–Kier alpha value is -1.85. The van der Waals surface area contributed by atoms with Crippen molar-refractivity contribution in [2.75, 3.05) is 5.73 Å². The summed E-state index contributed by atoms with van der Waals surface area (Å²) in [6.45, 7) is 0. The van der Waals surface area contributed by atoms with Gasteiger partial charge in [-0.15, -0.1) is 0 Å². The van der Waals surface area contributed by atoms with Crippen molar-refractivity contribution in [3.8, 4) is 5.69 Å². The second-order valence-corrected chi connectivity index (χ2v) is 4.97. The molecule has 0 atom stereocenters. The summed E-state index contributed by atoms with van der Waals surface area (Å²) in [6, 6.07) is 6.78. The van der Waals surface area contributed by atoms with E-state index >= 15 is 0 Å². The number of imidazole rings is 1. The van der Waals surface area contributed by atoms with Crippen LogP contribution < -0.4 is 5.73 Å². The molecule has 0 saturated carbocycles. The first-order valence-electron chi connectivity index (χ1n) is 5.56. The minimum absolute atomic E-state index is 0.000758. The molecule has 1 heterocycles. The third kappa shape index (κ3) is 1.99. The maximum absolute atomic E-state index is 13.6. The van der Waals surface area contributed by atoms with Crippen LogP contribution in [0.4, 0.5) is 14.7 Å². The Morgan fingerprint density at radius 3 is 2.40 bits per heavy atom. The molecule has 3 rings (SSSR count). The van der Waals surface area contributed by atoms with E-state index in [2.05, 4.69) is 4.98 Å². The minimum Gasteiger partial charge on any atom is -0.369 e. The monoisotopic (exact) mass is 313 g/mol. The maximum Gasteiger partial charge on any atom is 0.205 e. The molecule has 0 bridgehead atoms. The molecule has 1 aromatic heterocycles. The van der Waals surface area contributed by atoms with E-state index in [1.165, 1.54) is 28.8 Å². The molecule has 0 amide bonds. The van der Waals surface area contributed by atoms with Crippen LogP contribution in [0.1, 0.15) is 0 Å². The summed E-state index contributed by atoms with van der Waals surface area (Å²) in [5, 5.41) is -0.0612. The zero-order valence-corrected chi connectivity index (χ0v) is 11.4. The van der Waals surface area contributed by atoms with Crippen molar-refractivity contribution in [3.05, 3.63) is 52.0 Å². The molecule has 0 aliphatic rings. The van der Waals surface area contributed by atoms with Crippen molar-refractivity contribution in [1.29, 1.82) is 0 Å². The van der Waals surface area contributed by atoms with Crippen LogP contribution in [-0.2, 0) is 0 Å². The standard InChI is InChI=1S/C13H7Cl2F2N3/c14-7-2-1-6(3-9(7)16)20-12-4-8(15)10(17)5-11(12)19-13(20)18/h1-5H,(H2,18,19). The number of nitrogens with zero attached hydrogens (tertiary/aromatic N) is 2. The highest BCUT2D eigenvalue weighted by molar-refractivity contribution is 6.31. The number of rotatable bonds is 1. The van der Waals surface area contributed by atoms with Gasteiger partial charge in [-0.05, 0) is 24.3 Å². The topological polar surface area (TPSA) is 43.8 Å². The van der Waals surface area contributed by atoms with Gasteiger partial charge in [0.2, 0.25) is 5.95 Å². The van der Waals surface area contributed by atoms with Crippen molar-refractivity contribution in [2.24, 2.45) is 0 Å². The van der Waals surface area contributed by atoms with Gasteiger partial charge in [0.05, 0.1) is 26.8 Å². The Morgan fingerprint density at radius 1 is 1.00 bits per heavy atom. The zero-order valence-electron chi connectivity index (χ0n) is 9.87. The van der Waals surface area contributed by atoms with Crippen LogP contribution in [0.5, 0.6) is 0 Å². The predicted molar refractivity (Wildman–Crippen MR) is 75.4 cm³/mol. The van der Waals surface area contributed by atoms with Gasteiger partial charge in [0, 0.05) is 6.07 Å². The quantitative estimate of drug-likeness (QED) is 0.732. The number of fused-ring (bicyclic) bond motifs is 1. The lowest BCUT2D eigenvalue weighted by atomic mass is 10.2. The zero-order chi connectivity index (χ0) is 14.4. The summed E-state index contributed by atoms with van der Waals surface area (Å²) < 4.78 is 28.4. The number of hydrogen-bond acceptors (Lipinski definition) is 2. The largest absolute Gasteiger partial charge is 0.369 e. The Kier molecular flexibility index (Phi) is 3.03. The fourth-order valence-electron chi connectivity index (χ4n) is 1.99. The molecule has 3 nitrogen and oxygen atoms in total. The Morgan fingerprint density at radius 2 is 1.70 bits per heavy atom. The van der Waals surface area contributed by atoms with E-state index in [1.54, 1.807) is 6.07 Å². The van der Waals surface area contributed by atoms with Gasteiger partial charge < -0.3 is 5.73 Å². The van der Waals surface area contributed by atoms with Gasteiger partial charge in [-0.2, -0.15) is 0 Å². The average molecular weight is 314 g/mol. The lowest BCUT2D eigenvalue weighted by Gasteiger charge is -2.07. The molecular weight excluding hydrogens is 307 g/mol. The summed E-state index contributed by atoms with van der Waals surface area (Å²) >= 11 is 11.4. The van der Waals surface area contributed by atoms with Gasteiger partial charge in [0.15, 0.2) is 0 Å². The Balaban J connectivity index is 2.32. The van der Waals surface area contributed by atoms with Gasteiger partial charge in [0.1, 0.15) is 11.6 Å². The molecular formula is C13H7Cl2F2N3. The van der Waals surface area contributed by atoms with Crippen LogP contribution >= 0.6 is 23.2 Å². The van der Waals surface area contributed by atoms with Crippen molar-refractivity contribution in [3.63, 3.8) is 0 Å². The van der Waals surface area contributed by atoms with E-state index in [0.717, 1.165) is 0 Å². The molecule has 0 aliphatic heterocycles. The van der Waals surface area contributed by atoms with Gasteiger partial charge in [-0.1, -0.05) is 23.2 Å². The molecule has 0 unspecified atom stereocenters. The fraction of sp³-hybridized carbons (Fsp3) is 0. The smallest absolute Gasteiger partial charge is 0.205 e. The van der Waals surface area contributed by atoms with Crippen molar-refractivity contribution < 1.29 is 8.78 Å². The van der Waals surface area contributed by atoms with E-state index in [-0.39, 0.29) is 16.0 Å². The Bertz CT molecular complexity index is 830. The van der Waals surface area contributed by atoms with Gasteiger partial charge in [-0.25, -0.2) is 13.8 Å². The molecule has 7 heteroatoms. The first-order valence-corrected chi connectivity index (χ1v) is 6.31. The van der Waals surface area contributed by atoms with Crippen LogP contribution in [0.25, 0.3) is 16.7 Å². The molecule has 0 saturated heterocycles. The van der Waals surface area contributed by atoms with Gasteiger partial charge in [0.25, 0.3) is 0 Å². The summed E-state index contributed by atoms with van der Waals surface area (Å²) in [5.74, 6) is -1.08. The molecule has 2 aromatic carbocycles. The second-order valence-electron chi connectivity index (χ2n) is 4.16. The van der Waals surface area contributed by atoms with Crippen LogP contribution in [-0.4, -0.2) is 9.55 Å². The van der Waals surface area contributed by atoms with E-state index in [9.17, 15) is 8.78 Å². The van der Waals surface area contributed by atoms with Crippen molar-refractivity contribution >= 4 is 40.2 Å².